The molecule has 0 N–H and O–H groups in total. The third-order valence-corrected chi connectivity index (χ3v) is 4.13. The molecule has 2 heterocycles. The molecule has 0 aromatic carbocycles. The van der Waals surface area contributed by atoms with E-state index >= 15 is 0 Å². The van der Waals surface area contributed by atoms with E-state index in [9.17, 15) is 4.79 Å². The maximum Gasteiger partial charge on any atom is 0.350 e. The van der Waals surface area contributed by atoms with E-state index in [1.54, 1.807) is 17.9 Å². The van der Waals surface area contributed by atoms with Crippen molar-refractivity contribution in [1.29, 1.82) is 0 Å². The monoisotopic (exact) mass is 338 g/mol. The molecule has 1 aliphatic carbocycles. The number of esters is 1. The summed E-state index contributed by atoms with van der Waals surface area (Å²) in [5.74, 6) is 0.172. The van der Waals surface area contributed by atoms with Gasteiger partial charge in [-0.2, -0.15) is 0 Å². The van der Waals surface area contributed by atoms with Crippen molar-refractivity contribution >= 4 is 33.2 Å². The minimum Gasteiger partial charge on any atom is -0.457 e. The molecule has 2 aromatic heterocycles. The quantitative estimate of drug-likeness (QED) is 0.800. The number of hydrogen-bond acceptors (Lipinski definition) is 5. The Kier molecular flexibility index (Phi) is 3.61. The van der Waals surface area contributed by atoms with Crippen LogP contribution < -0.4 is 0 Å². The molecule has 1 saturated carbocycles. The number of carbonyl (C=O) groups is 1. The topological polar surface area (TPSA) is 52.1 Å². The second kappa shape index (κ2) is 5.38. The molecule has 4 nitrogen and oxygen atoms in total. The summed E-state index contributed by atoms with van der Waals surface area (Å²) in [5.41, 5.74) is 3.48. The molecule has 0 bridgehead atoms. The molecule has 98 valence electrons. The van der Waals surface area contributed by atoms with Crippen LogP contribution in [0, 0.1) is 0 Å². The van der Waals surface area contributed by atoms with E-state index in [0.29, 0.717) is 10.8 Å². The molecule has 0 aliphatic heterocycles. The number of aromatic nitrogens is 2. The van der Waals surface area contributed by atoms with Gasteiger partial charge in [0.25, 0.3) is 0 Å². The molecule has 19 heavy (non-hydrogen) atoms. The van der Waals surface area contributed by atoms with Crippen molar-refractivity contribution in [3.63, 3.8) is 0 Å². The molecular weight excluding hydrogens is 328 g/mol. The number of thiazole rings is 1. The number of pyridine rings is 1. The second-order valence-electron chi connectivity index (χ2n) is 4.43. The Morgan fingerprint density at radius 1 is 1.47 bits per heavy atom. The van der Waals surface area contributed by atoms with Gasteiger partial charge in [-0.15, -0.1) is 11.3 Å². The predicted molar refractivity (Wildman–Crippen MR) is 75.1 cm³/mol. The van der Waals surface area contributed by atoms with Crippen LogP contribution in [0.2, 0.25) is 0 Å². The number of rotatable bonds is 4. The van der Waals surface area contributed by atoms with Gasteiger partial charge in [-0.05, 0) is 34.8 Å². The van der Waals surface area contributed by atoms with E-state index in [4.69, 9.17) is 4.74 Å². The van der Waals surface area contributed by atoms with Gasteiger partial charge in [-0.25, -0.2) is 9.78 Å². The highest BCUT2D eigenvalue weighted by Crippen LogP contribution is 2.41. The normalized spacial score (nSPS) is 14.4. The summed E-state index contributed by atoms with van der Waals surface area (Å²) in [6.07, 6.45) is 5.63. The Labute approximate surface area is 123 Å². The van der Waals surface area contributed by atoms with Crippen molar-refractivity contribution < 1.29 is 9.53 Å². The number of carbonyl (C=O) groups excluding carboxylic acids is 1. The Hall–Kier alpha value is -1.27. The van der Waals surface area contributed by atoms with Gasteiger partial charge in [0, 0.05) is 28.3 Å². The summed E-state index contributed by atoms with van der Waals surface area (Å²) in [5, 5.41) is 0. The predicted octanol–water partition coefficient (Wildman–Crippen LogP) is 3.54. The highest BCUT2D eigenvalue weighted by Gasteiger charge is 2.31. The van der Waals surface area contributed by atoms with Crippen LogP contribution in [0.15, 0.2) is 28.4 Å². The van der Waals surface area contributed by atoms with Crippen molar-refractivity contribution in [1.82, 2.24) is 9.97 Å². The lowest BCUT2D eigenvalue weighted by molar-refractivity contribution is 0.0476. The molecule has 1 fully saturated rings. The van der Waals surface area contributed by atoms with Crippen molar-refractivity contribution in [2.24, 2.45) is 0 Å². The van der Waals surface area contributed by atoms with Gasteiger partial charge >= 0.3 is 5.97 Å². The fraction of sp³-hybridized carbons (Fsp3) is 0.308. The molecule has 1 aliphatic rings. The van der Waals surface area contributed by atoms with E-state index in [2.05, 4.69) is 25.9 Å². The van der Waals surface area contributed by atoms with Crippen molar-refractivity contribution in [2.75, 3.05) is 0 Å². The third-order valence-electron chi connectivity index (χ3n) is 2.88. The molecule has 0 radical (unpaired) electrons. The first kappa shape index (κ1) is 12.7. The standard InChI is InChI=1S/C13H11BrN2O2S/c14-10-3-8(4-15-5-10)6-18-13(17)12-11(9-1-2-9)16-7-19-12/h3-5,7,9H,1-2,6H2. The Balaban J connectivity index is 1.66. The lowest BCUT2D eigenvalue weighted by atomic mass is 10.2. The van der Waals surface area contributed by atoms with Crippen LogP contribution in [0.3, 0.4) is 0 Å². The van der Waals surface area contributed by atoms with E-state index in [-0.39, 0.29) is 12.6 Å². The Morgan fingerprint density at radius 2 is 2.32 bits per heavy atom. The average Bonchev–Trinajstić information content (AvgIpc) is 3.13. The van der Waals surface area contributed by atoms with Crippen molar-refractivity contribution in [3.05, 3.63) is 44.6 Å². The van der Waals surface area contributed by atoms with Gasteiger partial charge in [0.15, 0.2) is 0 Å². The van der Waals surface area contributed by atoms with Crippen molar-refractivity contribution in [2.45, 2.75) is 25.4 Å². The summed E-state index contributed by atoms with van der Waals surface area (Å²) < 4.78 is 6.19. The largest absolute Gasteiger partial charge is 0.457 e. The molecule has 3 rings (SSSR count). The number of ether oxygens (including phenoxy) is 1. The molecular formula is C13H11BrN2O2S. The van der Waals surface area contributed by atoms with Crippen LogP contribution in [0.1, 0.15) is 39.7 Å². The number of hydrogen-bond donors (Lipinski definition) is 0. The maximum absolute atomic E-state index is 12.0. The first-order valence-electron chi connectivity index (χ1n) is 5.94. The summed E-state index contributed by atoms with van der Waals surface area (Å²) >= 11 is 4.69. The molecule has 0 spiro atoms. The fourth-order valence-corrected chi connectivity index (χ4v) is 2.98. The summed E-state index contributed by atoms with van der Waals surface area (Å²) in [4.78, 5) is 21.0. The lowest BCUT2D eigenvalue weighted by Gasteiger charge is -2.04. The summed E-state index contributed by atoms with van der Waals surface area (Å²) in [6, 6.07) is 1.88. The molecule has 0 amide bonds. The number of nitrogens with zero attached hydrogens (tertiary/aromatic N) is 2. The van der Waals surface area contributed by atoms with Gasteiger partial charge in [0.05, 0.1) is 11.2 Å². The van der Waals surface area contributed by atoms with Gasteiger partial charge in [0.1, 0.15) is 11.5 Å². The highest BCUT2D eigenvalue weighted by atomic mass is 79.9. The Bertz CT molecular complexity index is 610. The van der Waals surface area contributed by atoms with Crippen LogP contribution in [0.4, 0.5) is 0 Å². The smallest absolute Gasteiger partial charge is 0.350 e. The zero-order valence-corrected chi connectivity index (χ0v) is 12.4. The van der Waals surface area contributed by atoms with Crippen LogP contribution in [-0.4, -0.2) is 15.9 Å². The summed E-state index contributed by atoms with van der Waals surface area (Å²) in [6.45, 7) is 0.229. The highest BCUT2D eigenvalue weighted by molar-refractivity contribution is 9.10. The minimum absolute atomic E-state index is 0.229. The van der Waals surface area contributed by atoms with E-state index in [0.717, 1.165) is 28.6 Å². The van der Waals surface area contributed by atoms with Gasteiger partial charge in [-0.3, -0.25) is 4.98 Å². The molecule has 0 unspecified atom stereocenters. The van der Waals surface area contributed by atoms with Crippen LogP contribution in [0.5, 0.6) is 0 Å². The van der Waals surface area contributed by atoms with Crippen LogP contribution in [-0.2, 0) is 11.3 Å². The second-order valence-corrected chi connectivity index (χ2v) is 6.20. The van der Waals surface area contributed by atoms with Crippen LogP contribution in [0.25, 0.3) is 0 Å². The van der Waals surface area contributed by atoms with Crippen LogP contribution >= 0.6 is 27.3 Å². The molecule has 0 saturated heterocycles. The van der Waals surface area contributed by atoms with E-state index in [1.807, 2.05) is 6.07 Å². The first-order valence-corrected chi connectivity index (χ1v) is 7.61. The summed E-state index contributed by atoms with van der Waals surface area (Å²) in [7, 11) is 0. The zero-order chi connectivity index (χ0) is 13.2. The third kappa shape index (κ3) is 3.01. The average molecular weight is 339 g/mol. The SMILES string of the molecule is O=C(OCc1cncc(Br)c1)c1scnc1C1CC1. The zero-order valence-electron chi connectivity index (χ0n) is 10.0. The van der Waals surface area contributed by atoms with Gasteiger partial charge in [-0.1, -0.05) is 0 Å². The van der Waals surface area contributed by atoms with Gasteiger partial charge in [0.2, 0.25) is 0 Å². The fourth-order valence-electron chi connectivity index (χ4n) is 1.80. The van der Waals surface area contributed by atoms with Gasteiger partial charge < -0.3 is 4.74 Å². The minimum atomic E-state index is -0.288. The van der Waals surface area contributed by atoms with E-state index in [1.165, 1.54) is 11.3 Å². The van der Waals surface area contributed by atoms with E-state index < -0.39 is 0 Å². The molecule has 0 atom stereocenters. The lowest BCUT2D eigenvalue weighted by Crippen LogP contribution is -2.06. The molecule has 2 aromatic rings. The first-order chi connectivity index (χ1) is 9.24. The van der Waals surface area contributed by atoms with Crippen molar-refractivity contribution in [3.8, 4) is 0 Å². The Morgan fingerprint density at radius 3 is 3.05 bits per heavy atom. The molecule has 6 heteroatoms. The maximum atomic E-state index is 12.0. The number of halogens is 1.